The fourth-order valence-corrected chi connectivity index (χ4v) is 3.80. The Kier molecular flexibility index (Phi) is 7.28. The third-order valence-corrected chi connectivity index (χ3v) is 5.15. The van der Waals surface area contributed by atoms with Crippen molar-refractivity contribution in [3.63, 3.8) is 0 Å². The lowest BCUT2D eigenvalue weighted by molar-refractivity contribution is 0.0992. The Balaban J connectivity index is 0.00000225. The van der Waals surface area contributed by atoms with Gasteiger partial charge in [0.2, 0.25) is 0 Å². The van der Waals surface area contributed by atoms with Crippen LogP contribution in [0, 0.1) is 5.82 Å². The van der Waals surface area contributed by atoms with Crippen LogP contribution in [0.1, 0.15) is 31.9 Å². The van der Waals surface area contributed by atoms with E-state index in [0.29, 0.717) is 24.8 Å². The molecular formula is C20H27FIN5O. The Bertz CT molecular complexity index is 794. The molecule has 152 valence electrons. The minimum Gasteiger partial charge on any atom is -0.373 e. The molecule has 2 aliphatic heterocycles. The van der Waals surface area contributed by atoms with Gasteiger partial charge in [0.1, 0.15) is 5.82 Å². The van der Waals surface area contributed by atoms with Crippen molar-refractivity contribution < 1.29 is 9.13 Å². The van der Waals surface area contributed by atoms with Gasteiger partial charge in [0.15, 0.2) is 5.96 Å². The summed E-state index contributed by atoms with van der Waals surface area (Å²) in [6.45, 7) is 3.54. The molecule has 3 heterocycles. The molecule has 6 nitrogen and oxygen atoms in total. The van der Waals surface area contributed by atoms with Crippen LogP contribution in [0.15, 0.2) is 41.5 Å². The standard InChI is InChI=1S/C20H26FN5O.HI/c1-2-22-20(24-18-13-17-7-8-19(18)27-17)23-11-9-15-10-12-26(25-15)16-5-3-14(21)4-6-16;/h3-6,10,12,17-19H,2,7-9,11,13H2,1H3,(H2,22,23,24);1H. The number of nitrogens with zero attached hydrogens (tertiary/aromatic N) is 3. The molecule has 2 aromatic rings. The van der Waals surface area contributed by atoms with Crippen LogP contribution >= 0.6 is 24.0 Å². The van der Waals surface area contributed by atoms with E-state index in [0.717, 1.165) is 43.1 Å². The van der Waals surface area contributed by atoms with Gasteiger partial charge in [-0.1, -0.05) is 0 Å². The maximum Gasteiger partial charge on any atom is 0.191 e. The number of nitrogens with one attached hydrogen (secondary N) is 2. The zero-order valence-corrected chi connectivity index (χ0v) is 18.3. The first-order valence-corrected chi connectivity index (χ1v) is 9.72. The lowest BCUT2D eigenvalue weighted by atomic mass is 9.96. The number of hydrogen-bond donors (Lipinski definition) is 2. The second-order valence-electron chi connectivity index (χ2n) is 7.10. The normalized spacial score (nSPS) is 23.5. The number of guanidine groups is 1. The van der Waals surface area contributed by atoms with E-state index in [1.807, 2.05) is 12.3 Å². The van der Waals surface area contributed by atoms with Gasteiger partial charge in [-0.2, -0.15) is 5.10 Å². The molecule has 2 aliphatic rings. The van der Waals surface area contributed by atoms with Gasteiger partial charge in [0, 0.05) is 25.7 Å². The van der Waals surface area contributed by atoms with Crippen molar-refractivity contribution in [3.8, 4) is 5.69 Å². The summed E-state index contributed by atoms with van der Waals surface area (Å²) in [7, 11) is 0. The molecule has 2 N–H and O–H groups in total. The molecule has 3 unspecified atom stereocenters. The minimum absolute atomic E-state index is 0. The molecule has 28 heavy (non-hydrogen) atoms. The van der Waals surface area contributed by atoms with Gasteiger partial charge >= 0.3 is 0 Å². The summed E-state index contributed by atoms with van der Waals surface area (Å²) in [5, 5.41) is 11.4. The van der Waals surface area contributed by atoms with Gasteiger partial charge in [-0.3, -0.25) is 4.99 Å². The molecule has 2 fully saturated rings. The molecular weight excluding hydrogens is 472 g/mol. The average Bonchev–Trinajstić information content (AvgIpc) is 3.39. The van der Waals surface area contributed by atoms with Crippen molar-refractivity contribution in [2.24, 2.45) is 4.99 Å². The fourth-order valence-electron chi connectivity index (χ4n) is 3.80. The molecule has 2 bridgehead atoms. The van der Waals surface area contributed by atoms with Gasteiger partial charge < -0.3 is 15.4 Å². The Morgan fingerprint density at radius 1 is 1.29 bits per heavy atom. The monoisotopic (exact) mass is 499 g/mol. The highest BCUT2D eigenvalue weighted by atomic mass is 127. The molecule has 0 aliphatic carbocycles. The second-order valence-corrected chi connectivity index (χ2v) is 7.10. The highest BCUT2D eigenvalue weighted by molar-refractivity contribution is 14.0. The van der Waals surface area contributed by atoms with Crippen LogP contribution in [0.3, 0.4) is 0 Å². The lowest BCUT2D eigenvalue weighted by Gasteiger charge is -2.22. The molecule has 4 rings (SSSR count). The summed E-state index contributed by atoms with van der Waals surface area (Å²) < 4.78 is 20.7. The molecule has 1 aromatic carbocycles. The number of ether oxygens (including phenoxy) is 1. The fraction of sp³-hybridized carbons (Fsp3) is 0.500. The summed E-state index contributed by atoms with van der Waals surface area (Å²) in [6, 6.07) is 8.65. The van der Waals surface area contributed by atoms with Gasteiger partial charge in [-0.05, 0) is 56.5 Å². The summed E-state index contributed by atoms with van der Waals surface area (Å²) in [6.07, 6.45) is 6.78. The second kappa shape index (κ2) is 9.69. The van der Waals surface area contributed by atoms with Crippen LogP contribution in [0.5, 0.6) is 0 Å². The van der Waals surface area contributed by atoms with Crippen molar-refractivity contribution in [1.29, 1.82) is 0 Å². The predicted octanol–water partition coefficient (Wildman–Crippen LogP) is 3.05. The number of rotatable bonds is 6. The molecule has 0 radical (unpaired) electrons. The molecule has 2 saturated heterocycles. The molecule has 0 amide bonds. The van der Waals surface area contributed by atoms with E-state index in [1.54, 1.807) is 16.8 Å². The molecule has 0 spiro atoms. The van der Waals surface area contributed by atoms with Gasteiger partial charge in [-0.15, -0.1) is 24.0 Å². The molecule has 3 atom stereocenters. The van der Waals surface area contributed by atoms with Crippen LogP contribution in [0.25, 0.3) is 5.69 Å². The van der Waals surface area contributed by atoms with Crippen molar-refractivity contribution in [2.45, 2.75) is 50.9 Å². The van der Waals surface area contributed by atoms with Gasteiger partial charge in [-0.25, -0.2) is 9.07 Å². The maximum absolute atomic E-state index is 13.0. The molecule has 0 saturated carbocycles. The SMILES string of the molecule is CCNC(=NCCc1ccn(-c2ccc(F)cc2)n1)NC1CC2CCC1O2.I. The third kappa shape index (κ3) is 5.02. The summed E-state index contributed by atoms with van der Waals surface area (Å²) >= 11 is 0. The van der Waals surface area contributed by atoms with Crippen LogP contribution in [0.2, 0.25) is 0 Å². The Hall–Kier alpha value is -1.68. The van der Waals surface area contributed by atoms with E-state index in [1.165, 1.54) is 18.6 Å². The van der Waals surface area contributed by atoms with E-state index >= 15 is 0 Å². The largest absolute Gasteiger partial charge is 0.373 e. The lowest BCUT2D eigenvalue weighted by Crippen LogP contribution is -2.47. The number of benzene rings is 1. The quantitative estimate of drug-likeness (QED) is 0.365. The number of halogens is 2. The van der Waals surface area contributed by atoms with E-state index in [2.05, 4.69) is 27.6 Å². The topological polar surface area (TPSA) is 63.5 Å². The van der Waals surface area contributed by atoms with Crippen molar-refractivity contribution in [3.05, 3.63) is 48.0 Å². The number of aliphatic imine (C=N–C) groups is 1. The highest BCUT2D eigenvalue weighted by Gasteiger charge is 2.41. The predicted molar refractivity (Wildman–Crippen MR) is 118 cm³/mol. The van der Waals surface area contributed by atoms with E-state index < -0.39 is 0 Å². The number of fused-ring (bicyclic) bond motifs is 2. The number of hydrogen-bond acceptors (Lipinski definition) is 3. The van der Waals surface area contributed by atoms with Crippen molar-refractivity contribution in [2.75, 3.05) is 13.1 Å². The van der Waals surface area contributed by atoms with Crippen LogP contribution in [-0.4, -0.2) is 47.1 Å². The first-order chi connectivity index (χ1) is 13.2. The highest BCUT2D eigenvalue weighted by Crippen LogP contribution is 2.34. The van der Waals surface area contributed by atoms with Crippen molar-refractivity contribution >= 4 is 29.9 Å². The zero-order valence-electron chi connectivity index (χ0n) is 16.0. The zero-order chi connectivity index (χ0) is 18.6. The van der Waals surface area contributed by atoms with Crippen molar-refractivity contribution in [1.82, 2.24) is 20.4 Å². The Labute approximate surface area is 182 Å². The van der Waals surface area contributed by atoms with Crippen LogP contribution < -0.4 is 10.6 Å². The number of aromatic nitrogens is 2. The first-order valence-electron chi connectivity index (χ1n) is 9.72. The smallest absolute Gasteiger partial charge is 0.191 e. The van der Waals surface area contributed by atoms with E-state index in [9.17, 15) is 4.39 Å². The van der Waals surface area contributed by atoms with Crippen LogP contribution in [-0.2, 0) is 11.2 Å². The first kappa shape index (κ1) is 21.0. The Morgan fingerprint density at radius 2 is 2.11 bits per heavy atom. The molecule has 1 aromatic heterocycles. The summed E-state index contributed by atoms with van der Waals surface area (Å²) in [4.78, 5) is 4.69. The van der Waals surface area contributed by atoms with E-state index in [4.69, 9.17) is 4.74 Å². The van der Waals surface area contributed by atoms with E-state index in [-0.39, 0.29) is 29.8 Å². The maximum atomic E-state index is 13.0. The molecule has 8 heteroatoms. The summed E-state index contributed by atoms with van der Waals surface area (Å²) in [5.41, 5.74) is 1.81. The average molecular weight is 499 g/mol. The van der Waals surface area contributed by atoms with Gasteiger partial charge in [0.05, 0.1) is 29.6 Å². The Morgan fingerprint density at radius 3 is 2.79 bits per heavy atom. The summed E-state index contributed by atoms with van der Waals surface area (Å²) in [5.74, 6) is 0.599. The van der Waals surface area contributed by atoms with Crippen LogP contribution in [0.4, 0.5) is 4.39 Å². The van der Waals surface area contributed by atoms with Gasteiger partial charge in [0.25, 0.3) is 0 Å². The third-order valence-electron chi connectivity index (χ3n) is 5.15. The minimum atomic E-state index is -0.246.